The minimum absolute atomic E-state index is 0.0274. The third-order valence-electron chi connectivity index (χ3n) is 6.04. The van der Waals surface area contributed by atoms with Crippen LogP contribution in [0.25, 0.3) is 11.3 Å². The van der Waals surface area contributed by atoms with Gasteiger partial charge in [-0.2, -0.15) is 0 Å². The molecule has 0 radical (unpaired) electrons. The zero-order valence-electron chi connectivity index (χ0n) is 19.1. The van der Waals surface area contributed by atoms with Crippen molar-refractivity contribution < 1.29 is 19.7 Å². The number of rotatable bonds is 6. The van der Waals surface area contributed by atoms with E-state index in [2.05, 4.69) is 20.2 Å². The molecule has 2 aliphatic heterocycles. The van der Waals surface area contributed by atoms with Gasteiger partial charge in [0.15, 0.2) is 5.82 Å². The van der Waals surface area contributed by atoms with Crippen molar-refractivity contribution in [2.24, 2.45) is 0 Å². The molecule has 1 fully saturated rings. The smallest absolute Gasteiger partial charge is 0.327 e. The van der Waals surface area contributed by atoms with Gasteiger partial charge in [-0.15, -0.1) is 0 Å². The fraction of sp³-hybridized carbons (Fsp3) is 0.333. The minimum Gasteiger partial charge on any atom is -0.475 e. The first-order valence-corrected chi connectivity index (χ1v) is 11.7. The van der Waals surface area contributed by atoms with E-state index in [0.29, 0.717) is 28.8 Å². The first-order chi connectivity index (χ1) is 16.9. The van der Waals surface area contributed by atoms with Crippen molar-refractivity contribution in [2.75, 3.05) is 41.4 Å². The molecule has 0 unspecified atom stereocenters. The number of nitrogens with one attached hydrogen (secondary N) is 1. The van der Waals surface area contributed by atoms with Gasteiger partial charge in [-0.1, -0.05) is 11.6 Å². The van der Waals surface area contributed by atoms with Crippen LogP contribution in [0.4, 0.5) is 22.0 Å². The summed E-state index contributed by atoms with van der Waals surface area (Å²) in [6.45, 7) is 2.89. The zero-order valence-corrected chi connectivity index (χ0v) is 19.8. The third-order valence-corrected chi connectivity index (χ3v) is 6.33. The summed E-state index contributed by atoms with van der Waals surface area (Å²) >= 11 is 6.64. The second-order valence-corrected chi connectivity index (χ2v) is 8.97. The largest absolute Gasteiger partial charge is 0.475 e. The van der Waals surface area contributed by atoms with E-state index in [1.165, 1.54) is 6.20 Å². The van der Waals surface area contributed by atoms with Gasteiger partial charge in [-0.25, -0.2) is 14.8 Å². The van der Waals surface area contributed by atoms with Crippen molar-refractivity contribution >= 4 is 34.8 Å². The summed E-state index contributed by atoms with van der Waals surface area (Å²) in [5.74, 6) is 0.781. The summed E-state index contributed by atoms with van der Waals surface area (Å²) in [5.41, 5.74) is 3.58. The Kier molecular flexibility index (Phi) is 6.42. The monoisotopic (exact) mass is 496 g/mol. The third kappa shape index (κ3) is 4.72. The van der Waals surface area contributed by atoms with Gasteiger partial charge in [0.05, 0.1) is 29.1 Å². The number of hydrogen-bond acceptors (Lipinski definition) is 8. The number of ether oxygens (including phenoxy) is 1. The van der Waals surface area contributed by atoms with Crippen molar-refractivity contribution in [3.63, 3.8) is 0 Å². The van der Waals surface area contributed by atoms with Crippen LogP contribution >= 0.6 is 11.6 Å². The highest BCUT2D eigenvalue weighted by atomic mass is 35.5. The van der Waals surface area contributed by atoms with Crippen molar-refractivity contribution in [1.82, 2.24) is 15.0 Å². The van der Waals surface area contributed by atoms with E-state index in [0.717, 1.165) is 29.9 Å². The molecule has 0 aliphatic carbocycles. The standard InChI is InChI=1S/C24H25ClN6O4/c1-14-8-15(2-5-26-14)22-19(25)10-20-23(29-22)31(17-4-7-30(20)11-17)24(34)28-16-3-6-27-21(9-16)35-13-18(33)12-32/h2-3,5-6,8-10,17-18,32-33H,4,7,11-13H2,1H3,(H,27,28,34)/t17-,18-/m0/s1. The zero-order chi connectivity index (χ0) is 24.5. The number of aryl methyl sites for hydroxylation is 1. The maximum absolute atomic E-state index is 13.5. The SMILES string of the molecule is Cc1cc(-c2nc3c(cc2Cl)N2CC[C@@H](C2)N3C(=O)Nc2ccnc(OC[C@@H](O)CO)c2)ccn1. The lowest BCUT2D eigenvalue weighted by molar-refractivity contribution is 0.0521. The molecule has 3 N–H and O–H groups in total. The van der Waals surface area contributed by atoms with Crippen LogP contribution in [-0.4, -0.2) is 69.6 Å². The number of halogens is 1. The number of aromatic nitrogens is 3. The molecule has 2 aliphatic rings. The summed E-state index contributed by atoms with van der Waals surface area (Å²) in [4.78, 5) is 30.6. The number of aliphatic hydroxyl groups excluding tert-OH is 2. The van der Waals surface area contributed by atoms with Crippen LogP contribution in [0.15, 0.2) is 42.7 Å². The number of carbonyl (C=O) groups is 1. The number of anilines is 3. The summed E-state index contributed by atoms with van der Waals surface area (Å²) in [7, 11) is 0. The molecule has 11 heteroatoms. The Morgan fingerprint density at radius 2 is 2.11 bits per heavy atom. The van der Waals surface area contributed by atoms with Crippen LogP contribution in [0.5, 0.6) is 5.88 Å². The van der Waals surface area contributed by atoms with Gasteiger partial charge in [-0.05, 0) is 37.6 Å². The second kappa shape index (κ2) is 9.65. The number of amides is 2. The van der Waals surface area contributed by atoms with Crippen LogP contribution in [-0.2, 0) is 0 Å². The van der Waals surface area contributed by atoms with Crippen LogP contribution in [0.3, 0.4) is 0 Å². The van der Waals surface area contributed by atoms with E-state index in [9.17, 15) is 9.90 Å². The molecular weight excluding hydrogens is 472 g/mol. The van der Waals surface area contributed by atoms with Gasteiger partial charge >= 0.3 is 6.03 Å². The molecule has 5 rings (SSSR count). The lowest BCUT2D eigenvalue weighted by Gasteiger charge is -2.36. The maximum Gasteiger partial charge on any atom is 0.327 e. The Morgan fingerprint density at radius 1 is 1.29 bits per heavy atom. The first kappa shape index (κ1) is 23.3. The molecule has 10 nitrogen and oxygen atoms in total. The highest BCUT2D eigenvalue weighted by molar-refractivity contribution is 6.33. The molecule has 35 heavy (non-hydrogen) atoms. The van der Waals surface area contributed by atoms with Crippen molar-refractivity contribution in [2.45, 2.75) is 25.5 Å². The van der Waals surface area contributed by atoms with Gasteiger partial charge in [0.25, 0.3) is 0 Å². The summed E-state index contributed by atoms with van der Waals surface area (Å²) < 4.78 is 5.39. The topological polar surface area (TPSA) is 124 Å². The number of carbonyl (C=O) groups excluding carboxylic acids is 1. The Hall–Kier alpha value is -3.47. The lowest BCUT2D eigenvalue weighted by atomic mass is 10.1. The molecule has 2 bridgehead atoms. The van der Waals surface area contributed by atoms with Crippen molar-refractivity contribution in [3.05, 3.63) is 53.4 Å². The predicted molar refractivity (Wildman–Crippen MR) is 132 cm³/mol. The molecule has 0 aromatic carbocycles. The van der Waals surface area contributed by atoms with E-state index < -0.39 is 12.7 Å². The molecule has 1 saturated heterocycles. The molecular formula is C24H25ClN6O4. The molecule has 2 atom stereocenters. The minimum atomic E-state index is -1.01. The second-order valence-electron chi connectivity index (χ2n) is 8.57. The average Bonchev–Trinajstić information content (AvgIpc) is 3.27. The summed E-state index contributed by atoms with van der Waals surface area (Å²) in [6, 6.07) is 8.50. The van der Waals surface area contributed by atoms with Crippen LogP contribution in [0.2, 0.25) is 5.02 Å². The predicted octanol–water partition coefficient (Wildman–Crippen LogP) is 2.86. The average molecular weight is 497 g/mol. The van der Waals surface area contributed by atoms with Crippen LogP contribution in [0.1, 0.15) is 12.1 Å². The van der Waals surface area contributed by atoms with Gasteiger partial charge in [0, 0.05) is 48.5 Å². The van der Waals surface area contributed by atoms with Gasteiger partial charge < -0.3 is 25.2 Å². The molecule has 0 spiro atoms. The maximum atomic E-state index is 13.5. The van der Waals surface area contributed by atoms with E-state index in [1.54, 1.807) is 23.2 Å². The molecule has 0 saturated carbocycles. The van der Waals surface area contributed by atoms with Gasteiger partial charge in [0.1, 0.15) is 12.7 Å². The van der Waals surface area contributed by atoms with E-state index >= 15 is 0 Å². The number of pyridine rings is 3. The van der Waals surface area contributed by atoms with E-state index in [1.807, 2.05) is 25.1 Å². The Balaban J connectivity index is 1.44. The number of urea groups is 1. The summed E-state index contributed by atoms with van der Waals surface area (Å²) in [5, 5.41) is 21.9. The number of nitrogens with zero attached hydrogens (tertiary/aromatic N) is 5. The van der Waals surface area contributed by atoms with Crippen molar-refractivity contribution in [1.29, 1.82) is 0 Å². The number of fused-ring (bicyclic) bond motifs is 4. The Labute approximate surface area is 207 Å². The van der Waals surface area contributed by atoms with Gasteiger partial charge in [-0.3, -0.25) is 9.88 Å². The molecule has 3 aromatic heterocycles. The Bertz CT molecular complexity index is 1260. The fourth-order valence-electron chi connectivity index (χ4n) is 4.37. The normalized spacial score (nSPS) is 17.2. The molecule has 3 aromatic rings. The molecule has 2 amide bonds. The molecule has 182 valence electrons. The first-order valence-electron chi connectivity index (χ1n) is 11.3. The van der Waals surface area contributed by atoms with E-state index in [4.69, 9.17) is 26.4 Å². The molecule has 5 heterocycles. The van der Waals surface area contributed by atoms with Crippen molar-refractivity contribution in [3.8, 4) is 17.1 Å². The highest BCUT2D eigenvalue weighted by Crippen LogP contribution is 2.43. The van der Waals surface area contributed by atoms with Gasteiger partial charge in [0.2, 0.25) is 5.88 Å². The quantitative estimate of drug-likeness (QED) is 0.476. The Morgan fingerprint density at radius 3 is 2.91 bits per heavy atom. The van der Waals surface area contributed by atoms with E-state index in [-0.39, 0.29) is 24.6 Å². The van der Waals surface area contributed by atoms with Crippen LogP contribution < -0.4 is 19.9 Å². The van der Waals surface area contributed by atoms with Crippen LogP contribution in [0, 0.1) is 6.92 Å². The number of aliphatic hydroxyl groups is 2. The number of hydrogen-bond donors (Lipinski definition) is 3. The lowest BCUT2D eigenvalue weighted by Crippen LogP contribution is -2.48. The fourth-order valence-corrected chi connectivity index (χ4v) is 4.62. The summed E-state index contributed by atoms with van der Waals surface area (Å²) in [6.07, 6.45) is 3.01. The highest BCUT2D eigenvalue weighted by Gasteiger charge is 2.41.